The minimum absolute atomic E-state index is 0.183. The summed E-state index contributed by atoms with van der Waals surface area (Å²) in [7, 11) is 2.17. The zero-order chi connectivity index (χ0) is 11.5. The summed E-state index contributed by atoms with van der Waals surface area (Å²) < 4.78 is 0. The lowest BCUT2D eigenvalue weighted by atomic mass is 10.1. The average Bonchev–Trinajstić information content (AvgIpc) is 3.12. The fourth-order valence-electron chi connectivity index (χ4n) is 2.00. The first kappa shape index (κ1) is 11.5. The van der Waals surface area contributed by atoms with Crippen LogP contribution in [0.1, 0.15) is 37.8 Å². The zero-order valence-corrected chi connectivity index (χ0v) is 10.3. The van der Waals surface area contributed by atoms with Gasteiger partial charge in [-0.2, -0.15) is 0 Å². The summed E-state index contributed by atoms with van der Waals surface area (Å²) >= 11 is 0. The van der Waals surface area contributed by atoms with Gasteiger partial charge in [0.1, 0.15) is 0 Å². The average molecular weight is 218 g/mol. The van der Waals surface area contributed by atoms with Crippen LogP contribution in [0.15, 0.2) is 24.3 Å². The van der Waals surface area contributed by atoms with Crippen LogP contribution in [0.5, 0.6) is 0 Å². The molecule has 1 atom stereocenters. The van der Waals surface area contributed by atoms with Crippen molar-refractivity contribution in [3.63, 3.8) is 0 Å². The third-order valence-electron chi connectivity index (χ3n) is 3.43. The van der Waals surface area contributed by atoms with Crippen LogP contribution >= 0.6 is 0 Å². The van der Waals surface area contributed by atoms with Crippen LogP contribution in [0.25, 0.3) is 0 Å². The second kappa shape index (κ2) is 4.88. The van der Waals surface area contributed by atoms with Crippen molar-refractivity contribution in [1.29, 1.82) is 0 Å². The van der Waals surface area contributed by atoms with Crippen LogP contribution in [0.2, 0.25) is 0 Å². The van der Waals surface area contributed by atoms with Crippen molar-refractivity contribution in [2.45, 2.75) is 32.2 Å². The van der Waals surface area contributed by atoms with E-state index in [-0.39, 0.29) is 6.04 Å². The third-order valence-corrected chi connectivity index (χ3v) is 3.43. The van der Waals surface area contributed by atoms with Gasteiger partial charge in [-0.3, -0.25) is 0 Å². The number of hydrogen-bond acceptors (Lipinski definition) is 2. The van der Waals surface area contributed by atoms with E-state index in [1.807, 2.05) is 0 Å². The first-order valence-electron chi connectivity index (χ1n) is 6.27. The van der Waals surface area contributed by atoms with Gasteiger partial charge in [0, 0.05) is 25.3 Å². The van der Waals surface area contributed by atoms with Crippen LogP contribution in [0.4, 0.5) is 5.69 Å². The molecule has 2 heteroatoms. The standard InChI is InChI=1S/C14H22N2/c1-3-14(15)12-6-8-13(9-7-12)16(2)10-11-4-5-11/h6-9,11,14H,3-5,10,15H2,1-2H3/t14-/m1/s1. The zero-order valence-electron chi connectivity index (χ0n) is 10.3. The van der Waals surface area contributed by atoms with Gasteiger partial charge in [0.25, 0.3) is 0 Å². The fraction of sp³-hybridized carbons (Fsp3) is 0.571. The van der Waals surface area contributed by atoms with E-state index >= 15 is 0 Å². The number of anilines is 1. The van der Waals surface area contributed by atoms with Gasteiger partial charge in [0.05, 0.1) is 0 Å². The van der Waals surface area contributed by atoms with Crippen molar-refractivity contribution in [3.8, 4) is 0 Å². The Balaban J connectivity index is 1.99. The second-order valence-electron chi connectivity index (χ2n) is 4.93. The first-order chi connectivity index (χ1) is 7.70. The number of nitrogens with zero attached hydrogens (tertiary/aromatic N) is 1. The molecule has 1 aromatic rings. The highest BCUT2D eigenvalue weighted by atomic mass is 15.1. The molecule has 0 saturated heterocycles. The molecule has 0 amide bonds. The maximum atomic E-state index is 6.00. The number of benzene rings is 1. The van der Waals surface area contributed by atoms with E-state index < -0.39 is 0 Å². The molecule has 0 aliphatic heterocycles. The SMILES string of the molecule is CC[C@@H](N)c1ccc(N(C)CC2CC2)cc1. The Morgan fingerprint density at radius 2 is 1.94 bits per heavy atom. The van der Waals surface area contributed by atoms with Crippen molar-refractivity contribution in [2.24, 2.45) is 11.7 Å². The molecule has 0 unspecified atom stereocenters. The lowest BCUT2D eigenvalue weighted by molar-refractivity contribution is 0.698. The molecule has 88 valence electrons. The van der Waals surface area contributed by atoms with Crippen LogP contribution in [0, 0.1) is 5.92 Å². The maximum absolute atomic E-state index is 6.00. The van der Waals surface area contributed by atoms with Crippen molar-refractivity contribution in [3.05, 3.63) is 29.8 Å². The molecule has 0 aromatic heterocycles. The fourth-order valence-corrected chi connectivity index (χ4v) is 2.00. The molecule has 0 radical (unpaired) electrons. The van der Waals surface area contributed by atoms with Gasteiger partial charge in [-0.1, -0.05) is 19.1 Å². The lowest BCUT2D eigenvalue weighted by Crippen LogP contribution is -2.20. The molecule has 1 aliphatic carbocycles. The molecular weight excluding hydrogens is 196 g/mol. The van der Waals surface area contributed by atoms with Crippen molar-refractivity contribution in [2.75, 3.05) is 18.5 Å². The van der Waals surface area contributed by atoms with Crippen LogP contribution in [0.3, 0.4) is 0 Å². The molecule has 2 nitrogen and oxygen atoms in total. The van der Waals surface area contributed by atoms with Gasteiger partial charge in [-0.05, 0) is 42.9 Å². The van der Waals surface area contributed by atoms with Crippen molar-refractivity contribution < 1.29 is 0 Å². The topological polar surface area (TPSA) is 29.3 Å². The lowest BCUT2D eigenvalue weighted by Gasteiger charge is -2.20. The third kappa shape index (κ3) is 2.76. The van der Waals surface area contributed by atoms with Gasteiger partial charge in [0.15, 0.2) is 0 Å². The van der Waals surface area contributed by atoms with E-state index in [9.17, 15) is 0 Å². The Morgan fingerprint density at radius 1 is 1.31 bits per heavy atom. The Hall–Kier alpha value is -1.02. The summed E-state index contributed by atoms with van der Waals surface area (Å²) in [6, 6.07) is 8.88. The van der Waals surface area contributed by atoms with Gasteiger partial charge in [-0.25, -0.2) is 0 Å². The Morgan fingerprint density at radius 3 is 2.44 bits per heavy atom. The van der Waals surface area contributed by atoms with Crippen LogP contribution in [-0.4, -0.2) is 13.6 Å². The predicted molar refractivity (Wildman–Crippen MR) is 69.7 cm³/mol. The quantitative estimate of drug-likeness (QED) is 0.823. The highest BCUT2D eigenvalue weighted by molar-refractivity contribution is 5.47. The second-order valence-corrected chi connectivity index (χ2v) is 4.93. The largest absolute Gasteiger partial charge is 0.374 e. The van der Waals surface area contributed by atoms with Crippen molar-refractivity contribution in [1.82, 2.24) is 0 Å². The highest BCUT2D eigenvalue weighted by Crippen LogP contribution is 2.31. The van der Waals surface area contributed by atoms with E-state index in [2.05, 4.69) is 43.1 Å². The molecule has 2 N–H and O–H groups in total. The van der Waals surface area contributed by atoms with Gasteiger partial charge in [-0.15, -0.1) is 0 Å². The molecule has 0 heterocycles. The predicted octanol–water partition coefficient (Wildman–Crippen LogP) is 2.94. The highest BCUT2D eigenvalue weighted by Gasteiger charge is 2.22. The first-order valence-corrected chi connectivity index (χ1v) is 6.27. The normalized spacial score (nSPS) is 17.2. The number of hydrogen-bond donors (Lipinski definition) is 1. The van der Waals surface area contributed by atoms with Gasteiger partial charge >= 0.3 is 0 Å². The monoisotopic (exact) mass is 218 g/mol. The maximum Gasteiger partial charge on any atom is 0.0363 e. The van der Waals surface area contributed by atoms with E-state index in [1.54, 1.807) is 0 Å². The molecule has 0 spiro atoms. The van der Waals surface area contributed by atoms with Crippen LogP contribution in [-0.2, 0) is 0 Å². The molecule has 1 aliphatic rings. The number of nitrogens with two attached hydrogens (primary N) is 1. The van der Waals surface area contributed by atoms with Gasteiger partial charge < -0.3 is 10.6 Å². The molecular formula is C14H22N2. The molecule has 1 aromatic carbocycles. The molecule has 1 saturated carbocycles. The van der Waals surface area contributed by atoms with E-state index in [1.165, 1.54) is 30.6 Å². The molecule has 1 fully saturated rings. The molecule has 0 bridgehead atoms. The Kier molecular flexibility index (Phi) is 3.49. The summed E-state index contributed by atoms with van der Waals surface area (Å²) in [6.45, 7) is 3.32. The molecule has 2 rings (SSSR count). The summed E-state index contributed by atoms with van der Waals surface area (Å²) in [5.41, 5.74) is 8.54. The van der Waals surface area contributed by atoms with E-state index in [0.717, 1.165) is 12.3 Å². The summed E-state index contributed by atoms with van der Waals surface area (Å²) in [5, 5.41) is 0. The van der Waals surface area contributed by atoms with E-state index in [4.69, 9.17) is 5.73 Å². The van der Waals surface area contributed by atoms with Crippen molar-refractivity contribution >= 4 is 5.69 Å². The molecule has 16 heavy (non-hydrogen) atoms. The Labute approximate surface area is 98.4 Å². The summed E-state index contributed by atoms with van der Waals surface area (Å²) in [5.74, 6) is 0.933. The summed E-state index contributed by atoms with van der Waals surface area (Å²) in [6.07, 6.45) is 3.81. The summed E-state index contributed by atoms with van der Waals surface area (Å²) in [4.78, 5) is 2.35. The van der Waals surface area contributed by atoms with Crippen LogP contribution < -0.4 is 10.6 Å². The Bertz CT molecular complexity index is 327. The number of rotatable bonds is 5. The minimum atomic E-state index is 0.183. The smallest absolute Gasteiger partial charge is 0.0363 e. The van der Waals surface area contributed by atoms with E-state index in [0.29, 0.717) is 0 Å². The minimum Gasteiger partial charge on any atom is -0.374 e. The van der Waals surface area contributed by atoms with Gasteiger partial charge in [0.2, 0.25) is 0 Å².